The zero-order valence-corrected chi connectivity index (χ0v) is 18.6. The first-order valence-corrected chi connectivity index (χ1v) is 11.1. The molecule has 2 aromatic rings. The number of para-hydroxylation sites is 1. The van der Waals surface area contributed by atoms with Gasteiger partial charge in [-0.1, -0.05) is 44.9 Å². The van der Waals surface area contributed by atoms with Gasteiger partial charge < -0.3 is 15.4 Å². The first-order chi connectivity index (χ1) is 14.7. The van der Waals surface area contributed by atoms with Gasteiger partial charge in [-0.2, -0.15) is 5.10 Å². The Morgan fingerprint density at radius 3 is 2.53 bits per heavy atom. The Hall–Kier alpha value is -2.38. The smallest absolute Gasteiger partial charge is 0.191 e. The van der Waals surface area contributed by atoms with Crippen molar-refractivity contribution in [1.82, 2.24) is 25.3 Å². The Morgan fingerprint density at radius 1 is 1.13 bits per heavy atom. The van der Waals surface area contributed by atoms with Crippen LogP contribution in [-0.2, 0) is 11.3 Å². The van der Waals surface area contributed by atoms with Crippen molar-refractivity contribution in [2.45, 2.75) is 39.3 Å². The van der Waals surface area contributed by atoms with Crippen LogP contribution in [0.25, 0.3) is 5.69 Å². The lowest BCUT2D eigenvalue weighted by Crippen LogP contribution is -2.53. The van der Waals surface area contributed by atoms with Gasteiger partial charge in [0.2, 0.25) is 0 Å². The number of guanidine groups is 1. The molecule has 1 aromatic carbocycles. The van der Waals surface area contributed by atoms with E-state index in [0.29, 0.717) is 18.5 Å². The van der Waals surface area contributed by atoms with Crippen LogP contribution in [0.1, 0.15) is 32.3 Å². The van der Waals surface area contributed by atoms with Crippen LogP contribution in [-0.4, -0.2) is 66.6 Å². The van der Waals surface area contributed by atoms with E-state index in [0.717, 1.165) is 50.1 Å². The quantitative estimate of drug-likeness (QED) is 0.490. The Balaban J connectivity index is 1.54. The molecular formula is C23H36N6O. The molecule has 0 spiro atoms. The van der Waals surface area contributed by atoms with E-state index in [1.165, 1.54) is 12.8 Å². The van der Waals surface area contributed by atoms with Crippen molar-refractivity contribution in [3.05, 3.63) is 48.3 Å². The zero-order valence-electron chi connectivity index (χ0n) is 18.6. The second-order valence-electron chi connectivity index (χ2n) is 7.73. The summed E-state index contributed by atoms with van der Waals surface area (Å²) in [5.41, 5.74) is 2.18. The molecule has 30 heavy (non-hydrogen) atoms. The largest absolute Gasteiger partial charge is 0.379 e. The average Bonchev–Trinajstić information content (AvgIpc) is 3.29. The highest BCUT2D eigenvalue weighted by Gasteiger charge is 2.27. The number of ether oxygens (including phenoxy) is 1. The molecule has 2 N–H and O–H groups in total. The molecule has 3 rings (SSSR count). The number of aliphatic imine (C=N–C) groups is 1. The summed E-state index contributed by atoms with van der Waals surface area (Å²) in [5.74, 6) is 1.49. The van der Waals surface area contributed by atoms with Crippen LogP contribution in [0.4, 0.5) is 0 Å². The highest BCUT2D eigenvalue weighted by Crippen LogP contribution is 2.19. The Morgan fingerprint density at radius 2 is 1.87 bits per heavy atom. The summed E-state index contributed by atoms with van der Waals surface area (Å²) < 4.78 is 7.46. The van der Waals surface area contributed by atoms with Crippen LogP contribution in [0, 0.1) is 5.92 Å². The van der Waals surface area contributed by atoms with Gasteiger partial charge in [-0.25, -0.2) is 4.68 Å². The highest BCUT2D eigenvalue weighted by atomic mass is 16.5. The van der Waals surface area contributed by atoms with Crippen LogP contribution in [0.15, 0.2) is 47.7 Å². The van der Waals surface area contributed by atoms with E-state index in [-0.39, 0.29) is 0 Å². The van der Waals surface area contributed by atoms with Crippen molar-refractivity contribution in [1.29, 1.82) is 0 Å². The fraction of sp³-hybridized carbons (Fsp3) is 0.565. The topological polar surface area (TPSA) is 66.7 Å². The SMILES string of the molecule is CCC(CC)C(CNC(=NC)NCc1cnn(-c2ccccc2)c1)N1CCOCC1. The van der Waals surface area contributed by atoms with Gasteiger partial charge in [0, 0.05) is 51.0 Å². The first-order valence-electron chi connectivity index (χ1n) is 11.1. The third kappa shape index (κ3) is 6.06. The molecule has 7 heteroatoms. The minimum absolute atomic E-state index is 0.489. The number of nitrogens with zero attached hydrogens (tertiary/aromatic N) is 4. The average molecular weight is 413 g/mol. The van der Waals surface area contributed by atoms with Crippen LogP contribution >= 0.6 is 0 Å². The highest BCUT2D eigenvalue weighted by molar-refractivity contribution is 5.79. The number of nitrogens with one attached hydrogen (secondary N) is 2. The summed E-state index contributed by atoms with van der Waals surface area (Å²) >= 11 is 0. The molecule has 164 valence electrons. The maximum atomic E-state index is 5.56. The normalized spacial score (nSPS) is 16.6. The Bertz CT molecular complexity index is 765. The fourth-order valence-corrected chi connectivity index (χ4v) is 4.12. The van der Waals surface area contributed by atoms with Gasteiger partial charge in [0.05, 0.1) is 25.1 Å². The lowest BCUT2D eigenvalue weighted by atomic mass is 9.92. The van der Waals surface area contributed by atoms with Crippen molar-refractivity contribution in [2.24, 2.45) is 10.9 Å². The van der Waals surface area contributed by atoms with E-state index < -0.39 is 0 Å². The minimum Gasteiger partial charge on any atom is -0.379 e. The molecule has 1 unspecified atom stereocenters. The summed E-state index contributed by atoms with van der Waals surface area (Å²) in [7, 11) is 1.82. The van der Waals surface area contributed by atoms with Crippen LogP contribution < -0.4 is 10.6 Å². The van der Waals surface area contributed by atoms with E-state index in [1.807, 2.05) is 48.3 Å². The fourth-order valence-electron chi connectivity index (χ4n) is 4.12. The van der Waals surface area contributed by atoms with Crippen molar-refractivity contribution >= 4 is 5.96 Å². The summed E-state index contributed by atoms with van der Waals surface area (Å²) in [6, 6.07) is 10.6. The second-order valence-corrected chi connectivity index (χ2v) is 7.73. The molecule has 0 bridgehead atoms. The number of aromatic nitrogens is 2. The maximum Gasteiger partial charge on any atom is 0.191 e. The van der Waals surface area contributed by atoms with Gasteiger partial charge in [-0.3, -0.25) is 9.89 Å². The van der Waals surface area contributed by atoms with Gasteiger partial charge in [0.1, 0.15) is 0 Å². The molecule has 1 aromatic heterocycles. The number of morpholine rings is 1. The molecule has 0 amide bonds. The summed E-state index contributed by atoms with van der Waals surface area (Å²) in [4.78, 5) is 6.99. The van der Waals surface area contributed by atoms with Crippen LogP contribution in [0.2, 0.25) is 0 Å². The summed E-state index contributed by atoms with van der Waals surface area (Å²) in [6.07, 6.45) is 6.32. The maximum absolute atomic E-state index is 5.56. The number of benzene rings is 1. The van der Waals surface area contributed by atoms with Crippen molar-refractivity contribution in [3.8, 4) is 5.69 Å². The third-order valence-corrected chi connectivity index (χ3v) is 5.93. The van der Waals surface area contributed by atoms with Gasteiger partial charge in [0.15, 0.2) is 5.96 Å². The van der Waals surface area contributed by atoms with E-state index in [1.54, 1.807) is 0 Å². The van der Waals surface area contributed by atoms with Gasteiger partial charge in [-0.05, 0) is 18.1 Å². The summed E-state index contributed by atoms with van der Waals surface area (Å²) in [6.45, 7) is 9.82. The van der Waals surface area contributed by atoms with Crippen molar-refractivity contribution in [3.63, 3.8) is 0 Å². The predicted molar refractivity (Wildman–Crippen MR) is 122 cm³/mol. The molecule has 0 radical (unpaired) electrons. The molecule has 0 saturated carbocycles. The molecule has 7 nitrogen and oxygen atoms in total. The molecular weight excluding hydrogens is 376 g/mol. The standard InChI is InChI=1S/C23H36N6O/c1-4-20(5-2)22(28-11-13-30-14-12-28)17-26-23(24-3)25-15-19-16-27-29(18-19)21-9-7-6-8-10-21/h6-10,16,18,20,22H,4-5,11-15,17H2,1-3H3,(H2,24,25,26). The van der Waals surface area contributed by atoms with E-state index in [4.69, 9.17) is 4.74 Å². The lowest BCUT2D eigenvalue weighted by Gasteiger charge is -2.39. The van der Waals surface area contributed by atoms with E-state index >= 15 is 0 Å². The van der Waals surface area contributed by atoms with Crippen molar-refractivity contribution < 1.29 is 4.74 Å². The number of hydrogen-bond donors (Lipinski definition) is 2. The molecule has 1 aliphatic rings. The van der Waals surface area contributed by atoms with Crippen LogP contribution in [0.3, 0.4) is 0 Å². The van der Waals surface area contributed by atoms with Crippen molar-refractivity contribution in [2.75, 3.05) is 39.9 Å². The first kappa shape index (κ1) is 22.3. The molecule has 1 atom stereocenters. The molecule has 1 fully saturated rings. The Kier molecular flexibility index (Phi) is 8.71. The Labute approximate surface area is 180 Å². The zero-order chi connectivity index (χ0) is 21.2. The predicted octanol–water partition coefficient (Wildman–Crippen LogP) is 2.67. The summed E-state index contributed by atoms with van der Waals surface area (Å²) in [5, 5.41) is 11.4. The lowest BCUT2D eigenvalue weighted by molar-refractivity contribution is 0.00272. The van der Waals surface area contributed by atoms with Crippen LogP contribution in [0.5, 0.6) is 0 Å². The van der Waals surface area contributed by atoms with E-state index in [2.05, 4.69) is 45.7 Å². The number of hydrogen-bond acceptors (Lipinski definition) is 4. The van der Waals surface area contributed by atoms with Gasteiger partial charge in [-0.15, -0.1) is 0 Å². The second kappa shape index (κ2) is 11.7. The van der Waals surface area contributed by atoms with Gasteiger partial charge in [0.25, 0.3) is 0 Å². The minimum atomic E-state index is 0.489. The van der Waals surface area contributed by atoms with Gasteiger partial charge >= 0.3 is 0 Å². The number of rotatable bonds is 9. The van der Waals surface area contributed by atoms with E-state index in [9.17, 15) is 0 Å². The third-order valence-electron chi connectivity index (χ3n) is 5.93. The monoisotopic (exact) mass is 412 g/mol. The molecule has 1 aliphatic heterocycles. The molecule has 0 aliphatic carbocycles. The molecule has 1 saturated heterocycles. The molecule has 2 heterocycles.